The van der Waals surface area contributed by atoms with Crippen molar-refractivity contribution in [2.75, 3.05) is 18.4 Å². The van der Waals surface area contributed by atoms with E-state index in [1.807, 2.05) is 30.3 Å². The van der Waals surface area contributed by atoms with E-state index in [2.05, 4.69) is 17.2 Å². The third-order valence-electron chi connectivity index (χ3n) is 6.18. The Kier molecular flexibility index (Phi) is 6.80. The minimum atomic E-state index is -3.70. The van der Waals surface area contributed by atoms with Crippen molar-refractivity contribution in [2.45, 2.75) is 30.4 Å². The molecule has 1 saturated heterocycles. The van der Waals surface area contributed by atoms with E-state index < -0.39 is 16.1 Å². The maximum Gasteiger partial charge on any atom is 0.411 e. The molecule has 1 aliphatic carbocycles. The highest BCUT2D eigenvalue weighted by molar-refractivity contribution is 7.89. The molecule has 2 N–H and O–H groups in total. The minimum Gasteiger partial charge on any atom is -0.444 e. The molecule has 0 aromatic heterocycles. The molecule has 1 saturated carbocycles. The number of amides is 2. The highest BCUT2D eigenvalue weighted by Crippen LogP contribution is 2.40. The normalized spacial score (nSPS) is 22.4. The summed E-state index contributed by atoms with van der Waals surface area (Å²) in [5, 5.41) is 5.50. The predicted molar refractivity (Wildman–Crippen MR) is 124 cm³/mol. The fourth-order valence-electron chi connectivity index (χ4n) is 4.59. The number of ether oxygens (including phenoxy) is 1. The Balaban J connectivity index is 1.35. The summed E-state index contributed by atoms with van der Waals surface area (Å²) in [6.45, 7) is 4.43. The lowest BCUT2D eigenvalue weighted by molar-refractivity contribution is -0.117. The molecule has 0 spiro atoms. The van der Waals surface area contributed by atoms with E-state index in [0.717, 1.165) is 18.4 Å². The van der Waals surface area contributed by atoms with E-state index in [0.29, 0.717) is 18.8 Å². The lowest BCUT2D eigenvalue weighted by Crippen LogP contribution is -2.35. The van der Waals surface area contributed by atoms with Crippen molar-refractivity contribution in [3.8, 4) is 0 Å². The lowest BCUT2D eigenvalue weighted by atomic mass is 10.0. The van der Waals surface area contributed by atoms with Gasteiger partial charge in [-0.3, -0.25) is 10.1 Å². The van der Waals surface area contributed by atoms with Crippen LogP contribution in [-0.4, -0.2) is 43.9 Å². The summed E-state index contributed by atoms with van der Waals surface area (Å²) in [4.78, 5) is 23.8. The second-order valence-corrected chi connectivity index (χ2v) is 10.4. The minimum absolute atomic E-state index is 0.0600. The number of rotatable bonds is 7. The number of carbonyl (C=O) groups excluding carboxylic acids is 2. The van der Waals surface area contributed by atoms with Gasteiger partial charge in [0.1, 0.15) is 6.61 Å². The zero-order valence-corrected chi connectivity index (χ0v) is 19.0. The first kappa shape index (κ1) is 23.0. The van der Waals surface area contributed by atoms with Gasteiger partial charge in [0, 0.05) is 24.8 Å². The van der Waals surface area contributed by atoms with Crippen LogP contribution in [0.15, 0.2) is 72.1 Å². The number of fused-ring (bicyclic) bond motifs is 1. The number of carbonyl (C=O) groups is 2. The number of hydrogen-bond acceptors (Lipinski definition) is 5. The second kappa shape index (κ2) is 9.76. The van der Waals surface area contributed by atoms with E-state index in [9.17, 15) is 18.0 Å². The van der Waals surface area contributed by atoms with Crippen LogP contribution in [0.2, 0.25) is 0 Å². The molecule has 0 radical (unpaired) electrons. The number of benzene rings is 2. The van der Waals surface area contributed by atoms with Crippen LogP contribution in [0.1, 0.15) is 18.4 Å². The third kappa shape index (κ3) is 5.43. The van der Waals surface area contributed by atoms with Crippen molar-refractivity contribution in [3.05, 3.63) is 72.8 Å². The second-order valence-electron chi connectivity index (χ2n) is 8.44. The monoisotopic (exact) mass is 469 g/mol. The van der Waals surface area contributed by atoms with E-state index >= 15 is 0 Å². The van der Waals surface area contributed by atoms with Gasteiger partial charge in [0.2, 0.25) is 15.9 Å². The summed E-state index contributed by atoms with van der Waals surface area (Å²) < 4.78 is 33.1. The molecule has 1 aliphatic heterocycles. The van der Waals surface area contributed by atoms with Gasteiger partial charge in [0.05, 0.1) is 4.90 Å². The summed E-state index contributed by atoms with van der Waals surface area (Å²) in [6, 6.07) is 15.5. The highest BCUT2D eigenvalue weighted by Gasteiger charge is 2.45. The van der Waals surface area contributed by atoms with E-state index in [1.54, 1.807) is 12.1 Å². The van der Waals surface area contributed by atoms with E-state index in [-0.39, 0.29) is 35.3 Å². The van der Waals surface area contributed by atoms with Gasteiger partial charge in [-0.15, -0.1) is 0 Å². The van der Waals surface area contributed by atoms with Crippen LogP contribution < -0.4 is 10.6 Å². The summed E-state index contributed by atoms with van der Waals surface area (Å²) >= 11 is 0. The Bertz CT molecular complexity index is 1120. The molecule has 9 heteroatoms. The fourth-order valence-corrected chi connectivity index (χ4v) is 6.19. The lowest BCUT2D eigenvalue weighted by Gasteiger charge is -2.20. The fraction of sp³-hybridized carbons (Fsp3) is 0.333. The molecular weight excluding hydrogens is 442 g/mol. The van der Waals surface area contributed by atoms with Crippen LogP contribution in [0.4, 0.5) is 10.5 Å². The summed E-state index contributed by atoms with van der Waals surface area (Å²) in [7, 11) is -3.70. The average molecular weight is 470 g/mol. The molecule has 2 aromatic rings. The first-order valence-corrected chi connectivity index (χ1v) is 12.3. The van der Waals surface area contributed by atoms with Crippen LogP contribution in [-0.2, 0) is 26.2 Å². The number of nitrogens with zero attached hydrogens (tertiary/aromatic N) is 1. The molecule has 2 fully saturated rings. The Morgan fingerprint density at radius 3 is 2.42 bits per heavy atom. The van der Waals surface area contributed by atoms with Gasteiger partial charge in [-0.05, 0) is 54.5 Å². The smallest absolute Gasteiger partial charge is 0.411 e. The molecule has 0 bridgehead atoms. The van der Waals surface area contributed by atoms with Gasteiger partial charge in [0.15, 0.2) is 0 Å². The third-order valence-corrected chi connectivity index (χ3v) is 8.01. The van der Waals surface area contributed by atoms with Crippen LogP contribution in [0.25, 0.3) is 0 Å². The molecule has 2 amide bonds. The molecule has 2 atom stereocenters. The maximum atomic E-state index is 13.2. The SMILES string of the molecule is C=CC(=O)NC1CC2CN(S(=O)(=O)c3cccc(NC(=O)OCc4ccccc4)c3)CC2C1. The Morgan fingerprint density at radius 1 is 1.06 bits per heavy atom. The molecule has 33 heavy (non-hydrogen) atoms. The number of hydrogen-bond donors (Lipinski definition) is 2. The summed E-state index contributed by atoms with van der Waals surface area (Å²) in [5.41, 5.74) is 1.20. The zero-order valence-electron chi connectivity index (χ0n) is 18.1. The Labute approximate surface area is 193 Å². The molecule has 1 heterocycles. The van der Waals surface area contributed by atoms with Crippen molar-refractivity contribution < 1.29 is 22.7 Å². The molecule has 2 unspecified atom stereocenters. The van der Waals surface area contributed by atoms with Crippen LogP contribution >= 0.6 is 0 Å². The van der Waals surface area contributed by atoms with Crippen LogP contribution in [0, 0.1) is 11.8 Å². The van der Waals surface area contributed by atoms with Gasteiger partial charge in [0.25, 0.3) is 0 Å². The quantitative estimate of drug-likeness (QED) is 0.606. The number of nitrogens with one attached hydrogen (secondary N) is 2. The zero-order chi connectivity index (χ0) is 23.4. The van der Waals surface area contributed by atoms with E-state index in [4.69, 9.17) is 4.74 Å². The molecular formula is C24H27N3O5S. The molecule has 4 rings (SSSR count). The van der Waals surface area contributed by atoms with Crippen molar-refractivity contribution in [1.82, 2.24) is 9.62 Å². The molecule has 8 nitrogen and oxygen atoms in total. The van der Waals surface area contributed by atoms with Crippen LogP contribution in [0.5, 0.6) is 0 Å². The van der Waals surface area contributed by atoms with E-state index in [1.165, 1.54) is 22.5 Å². The first-order chi connectivity index (χ1) is 15.8. The van der Waals surface area contributed by atoms with Gasteiger partial charge in [-0.25, -0.2) is 13.2 Å². The van der Waals surface area contributed by atoms with Crippen LogP contribution in [0.3, 0.4) is 0 Å². The number of anilines is 1. The predicted octanol–water partition coefficient (Wildman–Crippen LogP) is 3.14. The van der Waals surface area contributed by atoms with Gasteiger partial charge >= 0.3 is 6.09 Å². The topological polar surface area (TPSA) is 105 Å². The van der Waals surface area contributed by atoms with Gasteiger partial charge in [-0.1, -0.05) is 43.0 Å². The Morgan fingerprint density at radius 2 is 1.76 bits per heavy atom. The average Bonchev–Trinajstić information content (AvgIpc) is 3.38. The van der Waals surface area contributed by atoms with Crippen molar-refractivity contribution in [2.24, 2.45) is 11.8 Å². The van der Waals surface area contributed by atoms with Crippen molar-refractivity contribution in [1.29, 1.82) is 0 Å². The first-order valence-electron chi connectivity index (χ1n) is 10.9. The summed E-state index contributed by atoms with van der Waals surface area (Å²) in [6.07, 6.45) is 2.11. The maximum absolute atomic E-state index is 13.2. The molecule has 2 aromatic carbocycles. The number of sulfonamides is 1. The Hall–Kier alpha value is -3.17. The molecule has 2 aliphatic rings. The highest BCUT2D eigenvalue weighted by atomic mass is 32.2. The van der Waals surface area contributed by atoms with Gasteiger partial charge in [-0.2, -0.15) is 4.31 Å². The van der Waals surface area contributed by atoms with Crippen molar-refractivity contribution in [3.63, 3.8) is 0 Å². The van der Waals surface area contributed by atoms with Crippen molar-refractivity contribution >= 4 is 27.7 Å². The standard InChI is InChI=1S/C24H27N3O5S/c1-2-23(28)25-21-11-18-14-27(15-19(18)12-21)33(30,31)22-10-6-9-20(13-22)26-24(29)32-16-17-7-4-3-5-8-17/h2-10,13,18-19,21H,1,11-12,14-16H2,(H,25,28)(H,26,29). The van der Waals surface area contributed by atoms with Gasteiger partial charge < -0.3 is 10.1 Å². The largest absolute Gasteiger partial charge is 0.444 e. The molecule has 174 valence electrons. The summed E-state index contributed by atoms with van der Waals surface area (Å²) in [5.74, 6) is 0.226.